The Morgan fingerprint density at radius 3 is 2.79 bits per heavy atom. The third-order valence-electron chi connectivity index (χ3n) is 7.50. The van der Waals surface area contributed by atoms with E-state index in [1.807, 2.05) is 31.2 Å². The van der Waals surface area contributed by atoms with Gasteiger partial charge in [-0.2, -0.15) is 0 Å². The summed E-state index contributed by atoms with van der Waals surface area (Å²) < 4.78 is 6.26. The number of ether oxygens (including phenoxy) is 1. The number of fused-ring (bicyclic) bond motifs is 3. The van der Waals surface area contributed by atoms with Gasteiger partial charge in [-0.3, -0.25) is 9.78 Å². The number of anilines is 1. The number of nitrogens with zero attached hydrogens (tertiary/aromatic N) is 1. The predicted octanol–water partition coefficient (Wildman–Crippen LogP) is 6.57. The lowest BCUT2D eigenvalue weighted by Crippen LogP contribution is -2.36. The molecule has 0 bridgehead atoms. The molecule has 2 aliphatic rings. The number of nitrogens with one attached hydrogen (secondary N) is 1. The van der Waals surface area contributed by atoms with E-state index in [0.29, 0.717) is 18.1 Å². The predicted molar refractivity (Wildman–Crippen MR) is 133 cm³/mol. The first-order chi connectivity index (χ1) is 16.1. The summed E-state index contributed by atoms with van der Waals surface area (Å²) >= 11 is 0. The molecule has 4 heteroatoms. The van der Waals surface area contributed by atoms with Crippen LogP contribution in [0.25, 0.3) is 5.57 Å². The van der Waals surface area contributed by atoms with Crippen molar-refractivity contribution in [1.82, 2.24) is 4.98 Å². The number of carbonyl (C=O) groups excluding carboxylic acids is 1. The number of rotatable bonds is 4. The van der Waals surface area contributed by atoms with Gasteiger partial charge >= 0.3 is 0 Å². The summed E-state index contributed by atoms with van der Waals surface area (Å²) in [4.78, 5) is 17.2. The molecule has 5 rings (SSSR count). The van der Waals surface area contributed by atoms with Crippen molar-refractivity contribution in [3.8, 4) is 5.75 Å². The summed E-state index contributed by atoms with van der Waals surface area (Å²) in [5, 5.41) is 2.99. The topological polar surface area (TPSA) is 51.2 Å². The fourth-order valence-corrected chi connectivity index (χ4v) is 5.55. The number of hydrogen-bond acceptors (Lipinski definition) is 3. The molecule has 0 saturated carbocycles. The van der Waals surface area contributed by atoms with Crippen LogP contribution in [0.4, 0.5) is 5.69 Å². The van der Waals surface area contributed by atoms with Crippen LogP contribution in [0.2, 0.25) is 0 Å². The monoisotopic (exact) mass is 438 g/mol. The highest BCUT2D eigenvalue weighted by molar-refractivity contribution is 6.04. The zero-order valence-corrected chi connectivity index (χ0v) is 19.3. The molecule has 0 spiro atoms. The van der Waals surface area contributed by atoms with Crippen LogP contribution in [0.15, 0.2) is 72.9 Å². The number of hydrogen-bond donors (Lipinski definition) is 1. The van der Waals surface area contributed by atoms with Crippen molar-refractivity contribution in [2.75, 3.05) is 11.9 Å². The van der Waals surface area contributed by atoms with Gasteiger partial charge in [0, 0.05) is 22.7 Å². The first-order valence-electron chi connectivity index (χ1n) is 11.9. The molecule has 1 aliphatic carbocycles. The zero-order chi connectivity index (χ0) is 22.8. The van der Waals surface area contributed by atoms with E-state index in [-0.39, 0.29) is 11.3 Å². The van der Waals surface area contributed by atoms with Crippen LogP contribution in [-0.4, -0.2) is 17.5 Å². The van der Waals surface area contributed by atoms with E-state index in [0.717, 1.165) is 42.8 Å². The van der Waals surface area contributed by atoms with E-state index >= 15 is 0 Å². The molecule has 33 heavy (non-hydrogen) atoms. The Hall–Kier alpha value is -3.40. The molecule has 4 nitrogen and oxygen atoms in total. The lowest BCUT2D eigenvalue weighted by atomic mass is 9.60. The number of aromatic nitrogens is 1. The third-order valence-corrected chi connectivity index (χ3v) is 7.50. The fourth-order valence-electron chi connectivity index (χ4n) is 5.55. The maximum atomic E-state index is 13.0. The van der Waals surface area contributed by atoms with Crippen LogP contribution < -0.4 is 10.1 Å². The van der Waals surface area contributed by atoms with Crippen LogP contribution in [0.1, 0.15) is 59.8 Å². The molecule has 3 aromatic rings. The van der Waals surface area contributed by atoms with Gasteiger partial charge in [0.05, 0.1) is 18.0 Å². The Morgan fingerprint density at radius 1 is 1.15 bits per heavy atom. The van der Waals surface area contributed by atoms with E-state index in [4.69, 9.17) is 4.74 Å². The highest BCUT2D eigenvalue weighted by Gasteiger charge is 2.44. The van der Waals surface area contributed by atoms with Gasteiger partial charge in [0.1, 0.15) is 5.75 Å². The second kappa shape index (κ2) is 8.86. The van der Waals surface area contributed by atoms with Crippen molar-refractivity contribution >= 4 is 17.2 Å². The quantitative estimate of drug-likeness (QED) is 0.501. The molecule has 1 aliphatic heterocycles. The smallest absolute Gasteiger partial charge is 0.255 e. The second-order valence-electron chi connectivity index (χ2n) is 9.15. The molecule has 2 aromatic carbocycles. The molecule has 2 heterocycles. The first kappa shape index (κ1) is 21.4. The Kier molecular flexibility index (Phi) is 5.76. The van der Waals surface area contributed by atoms with Crippen molar-refractivity contribution in [3.05, 3.63) is 95.3 Å². The Balaban J connectivity index is 1.46. The highest BCUT2D eigenvalue weighted by atomic mass is 16.5. The van der Waals surface area contributed by atoms with Gasteiger partial charge in [0.15, 0.2) is 0 Å². The SMILES string of the molecule is CC[C@]12CC=C(c3ccccc3)C[C@H]1CCOc1cc(C(=O)Nc3cccnc3C)ccc12. The normalized spacial score (nSPS) is 21.6. The zero-order valence-electron chi connectivity index (χ0n) is 19.3. The minimum Gasteiger partial charge on any atom is -0.493 e. The van der Waals surface area contributed by atoms with Crippen molar-refractivity contribution < 1.29 is 9.53 Å². The number of amides is 1. The summed E-state index contributed by atoms with van der Waals surface area (Å²) in [6.07, 6.45) is 8.27. The van der Waals surface area contributed by atoms with Gasteiger partial charge in [0.25, 0.3) is 5.91 Å². The van der Waals surface area contributed by atoms with Gasteiger partial charge in [-0.15, -0.1) is 0 Å². The molecule has 0 fully saturated rings. The van der Waals surface area contributed by atoms with Crippen molar-refractivity contribution in [2.45, 2.75) is 44.9 Å². The maximum absolute atomic E-state index is 13.0. The third kappa shape index (κ3) is 3.95. The molecular formula is C29H30N2O2. The van der Waals surface area contributed by atoms with E-state index in [1.165, 1.54) is 16.7 Å². The molecular weight excluding hydrogens is 408 g/mol. The largest absolute Gasteiger partial charge is 0.493 e. The molecule has 1 aromatic heterocycles. The van der Waals surface area contributed by atoms with Crippen molar-refractivity contribution in [3.63, 3.8) is 0 Å². The summed E-state index contributed by atoms with van der Waals surface area (Å²) in [5.41, 5.74) is 6.19. The van der Waals surface area contributed by atoms with Gasteiger partial charge in [-0.05, 0) is 73.9 Å². The minimum absolute atomic E-state index is 0.0407. The van der Waals surface area contributed by atoms with E-state index in [9.17, 15) is 4.79 Å². The van der Waals surface area contributed by atoms with Gasteiger partial charge in [-0.25, -0.2) is 0 Å². The Labute approximate surface area is 195 Å². The molecule has 168 valence electrons. The minimum atomic E-state index is -0.140. The van der Waals surface area contributed by atoms with Crippen LogP contribution in [0, 0.1) is 12.8 Å². The lowest BCUT2D eigenvalue weighted by molar-refractivity contribution is 0.102. The van der Waals surface area contributed by atoms with E-state index < -0.39 is 0 Å². The number of allylic oxidation sites excluding steroid dienone is 2. The lowest BCUT2D eigenvalue weighted by Gasteiger charge is -2.43. The van der Waals surface area contributed by atoms with Gasteiger partial charge in [0.2, 0.25) is 0 Å². The average Bonchev–Trinajstić information content (AvgIpc) is 3.02. The molecule has 1 amide bonds. The van der Waals surface area contributed by atoms with Crippen LogP contribution in [0.5, 0.6) is 5.75 Å². The fraction of sp³-hybridized carbons (Fsp3) is 0.310. The standard InChI is InChI=1S/C29H30N2O2/c1-3-29-15-13-22(21-8-5-4-6-9-21)18-24(29)14-17-33-27-19-23(11-12-25(27)29)28(32)31-26-10-7-16-30-20(26)2/h4-13,16,19,24H,3,14-15,17-18H2,1-2H3,(H,31,32)/t24-,29+/m1/s1. The molecule has 1 N–H and O–H groups in total. The summed E-state index contributed by atoms with van der Waals surface area (Å²) in [5.74, 6) is 1.23. The number of carbonyl (C=O) groups is 1. The summed E-state index contributed by atoms with van der Waals surface area (Å²) in [6.45, 7) is 4.85. The molecule has 0 radical (unpaired) electrons. The Bertz CT molecular complexity index is 1200. The second-order valence-corrected chi connectivity index (χ2v) is 9.15. The average molecular weight is 439 g/mol. The molecule has 0 saturated heterocycles. The Morgan fingerprint density at radius 2 is 2.00 bits per heavy atom. The van der Waals surface area contributed by atoms with Gasteiger partial charge in [-0.1, -0.05) is 49.4 Å². The van der Waals surface area contributed by atoms with Crippen LogP contribution >= 0.6 is 0 Å². The van der Waals surface area contributed by atoms with E-state index in [2.05, 4.69) is 59.7 Å². The van der Waals surface area contributed by atoms with Crippen LogP contribution in [0.3, 0.4) is 0 Å². The maximum Gasteiger partial charge on any atom is 0.255 e. The first-order valence-corrected chi connectivity index (χ1v) is 11.9. The van der Waals surface area contributed by atoms with Crippen molar-refractivity contribution in [2.24, 2.45) is 5.92 Å². The summed E-state index contributed by atoms with van der Waals surface area (Å²) in [7, 11) is 0. The van der Waals surface area contributed by atoms with Crippen molar-refractivity contribution in [1.29, 1.82) is 0 Å². The molecule has 0 unspecified atom stereocenters. The van der Waals surface area contributed by atoms with E-state index in [1.54, 1.807) is 6.20 Å². The van der Waals surface area contributed by atoms with Gasteiger partial charge < -0.3 is 10.1 Å². The number of pyridine rings is 1. The summed E-state index contributed by atoms with van der Waals surface area (Å²) in [6, 6.07) is 20.4. The molecule has 2 atom stereocenters. The number of aryl methyl sites for hydroxylation is 1. The highest BCUT2D eigenvalue weighted by Crippen LogP contribution is 2.53. The van der Waals surface area contributed by atoms with Crippen LogP contribution in [-0.2, 0) is 5.41 Å². The number of benzene rings is 2.